The summed E-state index contributed by atoms with van der Waals surface area (Å²) in [7, 11) is 0. The van der Waals surface area contributed by atoms with Gasteiger partial charge >= 0.3 is 0 Å². The molecule has 72 valence electrons. The maximum absolute atomic E-state index is 11.3. The van der Waals surface area contributed by atoms with Gasteiger partial charge in [-0.05, 0) is 28.7 Å². The first kappa shape index (κ1) is 11.6. The van der Waals surface area contributed by atoms with Crippen molar-refractivity contribution < 1.29 is 4.79 Å². The molecular weight excluding hydrogens is 344 g/mol. The predicted molar refractivity (Wildman–Crippen MR) is 64.9 cm³/mol. The number of alkyl halides is 2. The number of carbonyl (C=O) groups is 1. The van der Waals surface area contributed by atoms with Crippen molar-refractivity contribution in [1.29, 1.82) is 0 Å². The molecule has 2 nitrogen and oxygen atoms in total. The maximum atomic E-state index is 11.3. The van der Waals surface area contributed by atoms with Crippen molar-refractivity contribution >= 4 is 63.0 Å². The largest absolute Gasteiger partial charge is 0.349 e. The maximum Gasteiger partial charge on any atom is 0.252 e. The average Bonchev–Trinajstić information content (AvgIpc) is 2.47. The fourth-order valence-corrected chi connectivity index (χ4v) is 2.18. The molecule has 0 unspecified atom stereocenters. The summed E-state index contributed by atoms with van der Waals surface area (Å²) >= 11 is 14.6. The number of thiophene rings is 1. The Morgan fingerprint density at radius 2 is 2.38 bits per heavy atom. The van der Waals surface area contributed by atoms with Gasteiger partial charge < -0.3 is 5.32 Å². The minimum Gasteiger partial charge on any atom is -0.349 e. The highest BCUT2D eigenvalue weighted by Crippen LogP contribution is 2.16. The first-order valence-electron chi connectivity index (χ1n) is 3.40. The van der Waals surface area contributed by atoms with Gasteiger partial charge in [0, 0.05) is 11.9 Å². The van der Waals surface area contributed by atoms with Gasteiger partial charge in [-0.3, -0.25) is 4.79 Å². The topological polar surface area (TPSA) is 29.1 Å². The van der Waals surface area contributed by atoms with Gasteiger partial charge in [-0.1, -0.05) is 0 Å². The third kappa shape index (κ3) is 4.01. The van der Waals surface area contributed by atoms with E-state index in [4.69, 9.17) is 23.2 Å². The molecule has 0 fully saturated rings. The Balaban J connectivity index is 2.49. The third-order valence-corrected chi connectivity index (χ3v) is 3.34. The smallest absolute Gasteiger partial charge is 0.252 e. The summed E-state index contributed by atoms with van der Waals surface area (Å²) in [4.78, 5) is 10.8. The van der Waals surface area contributed by atoms with Crippen LogP contribution in [0, 0.1) is 2.88 Å². The van der Waals surface area contributed by atoms with E-state index < -0.39 is 4.84 Å². The molecule has 0 aliphatic heterocycles. The lowest BCUT2D eigenvalue weighted by atomic mass is 10.3. The predicted octanol–water partition coefficient (Wildman–Crippen LogP) is 2.89. The summed E-state index contributed by atoms with van der Waals surface area (Å²) in [6.45, 7) is 0.272. The van der Waals surface area contributed by atoms with Crippen LogP contribution in [0.1, 0.15) is 10.4 Å². The van der Waals surface area contributed by atoms with E-state index in [1.54, 1.807) is 5.38 Å². The van der Waals surface area contributed by atoms with E-state index in [0.29, 0.717) is 5.56 Å². The lowest BCUT2D eigenvalue weighted by molar-refractivity contribution is 0.0955. The minimum absolute atomic E-state index is 0.134. The molecule has 1 rings (SSSR count). The normalized spacial score (nSPS) is 10.5. The highest BCUT2D eigenvalue weighted by Gasteiger charge is 2.08. The van der Waals surface area contributed by atoms with Gasteiger partial charge in [0.15, 0.2) is 0 Å². The standard InChI is InChI=1S/C7H6Cl2INOS/c8-5(9)2-11-7(12)4-1-6(10)13-3-4/h1,3,5H,2H2,(H,11,12). The molecule has 0 atom stereocenters. The van der Waals surface area contributed by atoms with Crippen molar-refractivity contribution in [2.24, 2.45) is 0 Å². The Labute approximate surface area is 104 Å². The molecule has 1 aromatic rings. The number of hydrogen-bond acceptors (Lipinski definition) is 2. The zero-order valence-electron chi connectivity index (χ0n) is 6.39. The molecule has 0 saturated carbocycles. The van der Waals surface area contributed by atoms with Gasteiger partial charge in [-0.15, -0.1) is 34.5 Å². The highest BCUT2D eigenvalue weighted by molar-refractivity contribution is 14.1. The average molecular weight is 350 g/mol. The number of halogens is 3. The Kier molecular flexibility index (Phi) is 4.78. The summed E-state index contributed by atoms with van der Waals surface area (Å²) < 4.78 is 1.08. The van der Waals surface area contributed by atoms with Crippen LogP contribution in [-0.4, -0.2) is 17.3 Å². The van der Waals surface area contributed by atoms with Crippen molar-refractivity contribution in [3.05, 3.63) is 19.9 Å². The molecule has 0 aliphatic carbocycles. The molecule has 0 bridgehead atoms. The summed E-state index contributed by atoms with van der Waals surface area (Å²) in [6, 6.07) is 1.82. The summed E-state index contributed by atoms with van der Waals surface area (Å²) in [5.41, 5.74) is 0.656. The van der Waals surface area contributed by atoms with Crippen molar-refractivity contribution in [2.75, 3.05) is 6.54 Å². The van der Waals surface area contributed by atoms with Gasteiger partial charge in [0.2, 0.25) is 0 Å². The molecule has 0 spiro atoms. The molecular formula is C7H6Cl2INOS. The highest BCUT2D eigenvalue weighted by atomic mass is 127. The number of carbonyl (C=O) groups excluding carboxylic acids is 1. The van der Waals surface area contributed by atoms with E-state index >= 15 is 0 Å². The molecule has 13 heavy (non-hydrogen) atoms. The second kappa shape index (κ2) is 5.38. The second-order valence-electron chi connectivity index (χ2n) is 2.24. The molecule has 0 saturated heterocycles. The molecule has 1 N–H and O–H groups in total. The zero-order valence-corrected chi connectivity index (χ0v) is 10.9. The minimum atomic E-state index is -0.554. The SMILES string of the molecule is O=C(NCC(Cl)Cl)c1csc(I)c1. The quantitative estimate of drug-likeness (QED) is 0.659. The van der Waals surface area contributed by atoms with E-state index in [2.05, 4.69) is 27.9 Å². The van der Waals surface area contributed by atoms with Crippen LogP contribution in [0.15, 0.2) is 11.4 Å². The molecule has 0 aliphatic rings. The lowest BCUT2D eigenvalue weighted by Crippen LogP contribution is -2.27. The van der Waals surface area contributed by atoms with Crippen LogP contribution < -0.4 is 5.32 Å². The van der Waals surface area contributed by atoms with Gasteiger partial charge in [-0.25, -0.2) is 0 Å². The number of nitrogens with one attached hydrogen (secondary N) is 1. The van der Waals surface area contributed by atoms with Crippen molar-refractivity contribution in [3.8, 4) is 0 Å². The number of amides is 1. The Bertz CT molecular complexity index is 302. The second-order valence-corrected chi connectivity index (χ2v) is 6.32. The number of hydrogen-bond donors (Lipinski definition) is 1. The van der Waals surface area contributed by atoms with Crippen LogP contribution in [0.4, 0.5) is 0 Å². The molecule has 6 heteroatoms. The lowest BCUT2D eigenvalue weighted by Gasteiger charge is -2.02. The fraction of sp³-hybridized carbons (Fsp3) is 0.286. The Hall–Kier alpha value is 0.480. The van der Waals surface area contributed by atoms with E-state index in [9.17, 15) is 4.79 Å². The summed E-state index contributed by atoms with van der Waals surface area (Å²) in [5, 5.41) is 4.41. The fourth-order valence-electron chi connectivity index (χ4n) is 0.701. The van der Waals surface area contributed by atoms with Crippen LogP contribution in [-0.2, 0) is 0 Å². The molecule has 0 radical (unpaired) electrons. The van der Waals surface area contributed by atoms with Gasteiger partial charge in [0.1, 0.15) is 4.84 Å². The Morgan fingerprint density at radius 3 is 2.85 bits per heavy atom. The summed E-state index contributed by atoms with van der Waals surface area (Å²) in [6.07, 6.45) is 0. The van der Waals surface area contributed by atoms with E-state index in [-0.39, 0.29) is 12.5 Å². The monoisotopic (exact) mass is 349 g/mol. The molecule has 0 aromatic carbocycles. The first-order valence-corrected chi connectivity index (χ1v) is 6.23. The number of rotatable bonds is 3. The Morgan fingerprint density at radius 1 is 1.69 bits per heavy atom. The zero-order chi connectivity index (χ0) is 9.84. The van der Waals surface area contributed by atoms with E-state index in [0.717, 1.165) is 2.88 Å². The van der Waals surface area contributed by atoms with E-state index in [1.165, 1.54) is 11.3 Å². The van der Waals surface area contributed by atoms with Crippen LogP contribution in [0.25, 0.3) is 0 Å². The van der Waals surface area contributed by atoms with E-state index in [1.807, 2.05) is 6.07 Å². The van der Waals surface area contributed by atoms with Crippen LogP contribution in [0.5, 0.6) is 0 Å². The molecule has 1 aromatic heterocycles. The van der Waals surface area contributed by atoms with Crippen LogP contribution in [0.2, 0.25) is 0 Å². The van der Waals surface area contributed by atoms with Gasteiger partial charge in [-0.2, -0.15) is 0 Å². The van der Waals surface area contributed by atoms with Crippen molar-refractivity contribution in [2.45, 2.75) is 4.84 Å². The first-order chi connectivity index (χ1) is 6.09. The third-order valence-electron chi connectivity index (χ3n) is 1.25. The summed E-state index contributed by atoms with van der Waals surface area (Å²) in [5.74, 6) is -0.134. The van der Waals surface area contributed by atoms with Gasteiger partial charge in [0.05, 0.1) is 8.45 Å². The van der Waals surface area contributed by atoms with Crippen LogP contribution >= 0.6 is 57.1 Å². The van der Waals surface area contributed by atoms with Crippen molar-refractivity contribution in [1.82, 2.24) is 5.32 Å². The molecule has 1 amide bonds. The van der Waals surface area contributed by atoms with Crippen molar-refractivity contribution in [3.63, 3.8) is 0 Å². The molecule has 1 heterocycles. The van der Waals surface area contributed by atoms with Crippen LogP contribution in [0.3, 0.4) is 0 Å². The van der Waals surface area contributed by atoms with Gasteiger partial charge in [0.25, 0.3) is 5.91 Å².